The Morgan fingerprint density at radius 1 is 1.12 bits per heavy atom. The van der Waals surface area contributed by atoms with Crippen LogP contribution in [-0.2, 0) is 6.54 Å². The van der Waals surface area contributed by atoms with Crippen LogP contribution in [0, 0.1) is 0 Å². The fourth-order valence-corrected chi connectivity index (χ4v) is 4.50. The van der Waals surface area contributed by atoms with Gasteiger partial charge < -0.3 is 26.3 Å². The SMILES string of the molecule is NCc1ccc(C2CCCN(c3ncnc4[nH]ccc34)C2)cc1NC(=O)Nc1ccccc1. The molecule has 8 nitrogen and oxygen atoms in total. The monoisotopic (exact) mass is 441 g/mol. The molecule has 1 atom stereocenters. The van der Waals surface area contributed by atoms with Crippen LogP contribution in [0.25, 0.3) is 11.0 Å². The molecule has 5 rings (SSSR count). The Balaban J connectivity index is 1.35. The standard InChI is InChI=1S/C25H27N7O/c26-14-18-9-8-17(13-22(18)31-25(33)30-20-6-2-1-3-7-20)19-5-4-12-32(15-19)24-21-10-11-27-23(21)28-16-29-24/h1-3,6-11,13,16,19H,4-5,12,14-15,26H2,(H,27,28,29)(H2,30,31,33). The molecule has 33 heavy (non-hydrogen) atoms. The van der Waals surface area contributed by atoms with Crippen LogP contribution >= 0.6 is 0 Å². The molecule has 1 unspecified atom stereocenters. The number of urea groups is 1. The van der Waals surface area contributed by atoms with Crippen molar-refractivity contribution in [3.05, 3.63) is 78.2 Å². The van der Waals surface area contributed by atoms with Crippen molar-refractivity contribution >= 4 is 34.3 Å². The second-order valence-electron chi connectivity index (χ2n) is 8.29. The van der Waals surface area contributed by atoms with E-state index in [1.165, 1.54) is 5.56 Å². The number of fused-ring (bicyclic) bond motifs is 1. The average Bonchev–Trinajstić information content (AvgIpc) is 3.34. The third-order valence-corrected chi connectivity index (χ3v) is 6.16. The molecule has 8 heteroatoms. The summed E-state index contributed by atoms with van der Waals surface area (Å²) in [5, 5.41) is 6.89. The Hall–Kier alpha value is -3.91. The molecule has 1 aliphatic heterocycles. The zero-order valence-corrected chi connectivity index (χ0v) is 18.3. The van der Waals surface area contributed by atoms with Crippen molar-refractivity contribution in [2.45, 2.75) is 25.3 Å². The summed E-state index contributed by atoms with van der Waals surface area (Å²) >= 11 is 0. The molecular weight excluding hydrogens is 414 g/mol. The molecule has 0 aliphatic carbocycles. The maximum Gasteiger partial charge on any atom is 0.323 e. The molecule has 1 aliphatic rings. The van der Waals surface area contributed by atoms with Gasteiger partial charge in [-0.3, -0.25) is 0 Å². The zero-order valence-electron chi connectivity index (χ0n) is 18.3. The van der Waals surface area contributed by atoms with Crippen molar-refractivity contribution in [3.63, 3.8) is 0 Å². The summed E-state index contributed by atoms with van der Waals surface area (Å²) in [4.78, 5) is 27.0. The van der Waals surface area contributed by atoms with Crippen molar-refractivity contribution in [2.24, 2.45) is 5.73 Å². The van der Waals surface area contributed by atoms with Crippen molar-refractivity contribution in [1.29, 1.82) is 0 Å². The van der Waals surface area contributed by atoms with Crippen LogP contribution in [0.15, 0.2) is 67.1 Å². The van der Waals surface area contributed by atoms with Crippen molar-refractivity contribution in [3.8, 4) is 0 Å². The minimum absolute atomic E-state index is 0.283. The van der Waals surface area contributed by atoms with E-state index in [0.717, 1.165) is 59.7 Å². The first kappa shape index (κ1) is 21.0. The van der Waals surface area contributed by atoms with Crippen LogP contribution in [-0.4, -0.2) is 34.1 Å². The van der Waals surface area contributed by atoms with Gasteiger partial charge in [-0.15, -0.1) is 0 Å². The molecule has 0 spiro atoms. The maximum atomic E-state index is 12.6. The molecule has 2 aromatic carbocycles. The lowest BCUT2D eigenvalue weighted by atomic mass is 9.89. The number of nitrogens with one attached hydrogen (secondary N) is 3. The number of anilines is 3. The Morgan fingerprint density at radius 3 is 2.85 bits per heavy atom. The lowest BCUT2D eigenvalue weighted by molar-refractivity contribution is 0.262. The number of carbonyl (C=O) groups is 1. The zero-order chi connectivity index (χ0) is 22.6. The molecule has 1 saturated heterocycles. The lowest BCUT2D eigenvalue weighted by Crippen LogP contribution is -2.35. The number of benzene rings is 2. The number of H-pyrrole nitrogens is 1. The van der Waals surface area contributed by atoms with E-state index >= 15 is 0 Å². The highest BCUT2D eigenvalue weighted by molar-refractivity contribution is 6.00. The number of hydrogen-bond donors (Lipinski definition) is 4. The molecular formula is C25H27N7O. The second kappa shape index (κ2) is 9.30. The van der Waals surface area contributed by atoms with Gasteiger partial charge in [0.1, 0.15) is 17.8 Å². The maximum absolute atomic E-state index is 12.6. The molecule has 2 amide bonds. The van der Waals surface area contributed by atoms with Crippen LogP contribution in [0.4, 0.5) is 22.0 Å². The summed E-state index contributed by atoms with van der Waals surface area (Å²) in [6, 6.07) is 17.3. The molecule has 5 N–H and O–H groups in total. The Labute approximate surface area is 192 Å². The number of nitrogens with zero attached hydrogens (tertiary/aromatic N) is 3. The van der Waals surface area contributed by atoms with E-state index < -0.39 is 0 Å². The molecule has 1 fully saturated rings. The van der Waals surface area contributed by atoms with Gasteiger partial charge in [-0.25, -0.2) is 14.8 Å². The van der Waals surface area contributed by atoms with E-state index in [0.29, 0.717) is 12.5 Å². The van der Waals surface area contributed by atoms with Crippen LogP contribution in [0.1, 0.15) is 29.9 Å². The number of aromatic amines is 1. The van der Waals surface area contributed by atoms with Gasteiger partial charge in [0, 0.05) is 43.1 Å². The van der Waals surface area contributed by atoms with E-state index in [1.54, 1.807) is 6.33 Å². The first-order chi connectivity index (χ1) is 16.2. The Morgan fingerprint density at radius 2 is 2.00 bits per heavy atom. The first-order valence-corrected chi connectivity index (χ1v) is 11.2. The summed E-state index contributed by atoms with van der Waals surface area (Å²) in [5.74, 6) is 1.29. The van der Waals surface area contributed by atoms with E-state index in [4.69, 9.17) is 5.73 Å². The number of aromatic nitrogens is 3. The molecule has 168 valence electrons. The quantitative estimate of drug-likeness (QED) is 0.366. The largest absolute Gasteiger partial charge is 0.355 e. The number of carbonyl (C=O) groups excluding carboxylic acids is 1. The highest BCUT2D eigenvalue weighted by Crippen LogP contribution is 2.33. The van der Waals surface area contributed by atoms with Crippen LogP contribution in [0.2, 0.25) is 0 Å². The van der Waals surface area contributed by atoms with Crippen LogP contribution < -0.4 is 21.3 Å². The number of rotatable bonds is 5. The molecule has 0 saturated carbocycles. The van der Waals surface area contributed by atoms with Crippen molar-refractivity contribution in [1.82, 2.24) is 15.0 Å². The highest BCUT2D eigenvalue weighted by Gasteiger charge is 2.24. The first-order valence-electron chi connectivity index (χ1n) is 11.2. The predicted octanol–water partition coefficient (Wildman–Crippen LogP) is 4.44. The molecule has 2 aromatic heterocycles. The fraction of sp³-hybridized carbons (Fsp3) is 0.240. The van der Waals surface area contributed by atoms with Crippen molar-refractivity contribution in [2.75, 3.05) is 28.6 Å². The number of piperidine rings is 1. The van der Waals surface area contributed by atoms with Crippen LogP contribution in [0.5, 0.6) is 0 Å². The number of nitrogens with two attached hydrogens (primary N) is 1. The minimum atomic E-state index is -0.283. The summed E-state index contributed by atoms with van der Waals surface area (Å²) in [7, 11) is 0. The Kier molecular flexibility index (Phi) is 5.91. The molecule has 3 heterocycles. The van der Waals surface area contributed by atoms with Gasteiger partial charge >= 0.3 is 6.03 Å². The third-order valence-electron chi connectivity index (χ3n) is 6.16. The van der Waals surface area contributed by atoms with E-state index in [1.807, 2.05) is 48.7 Å². The highest BCUT2D eigenvalue weighted by atomic mass is 16.2. The van der Waals surface area contributed by atoms with Gasteiger partial charge in [0.25, 0.3) is 0 Å². The number of amides is 2. The second-order valence-corrected chi connectivity index (χ2v) is 8.29. The molecule has 0 radical (unpaired) electrons. The normalized spacial score (nSPS) is 16.0. The van der Waals surface area contributed by atoms with Gasteiger partial charge in [-0.05, 0) is 48.2 Å². The third kappa shape index (κ3) is 4.51. The Bertz CT molecular complexity index is 1250. The minimum Gasteiger partial charge on any atom is -0.355 e. The summed E-state index contributed by atoms with van der Waals surface area (Å²) < 4.78 is 0. The number of hydrogen-bond acceptors (Lipinski definition) is 5. The summed E-state index contributed by atoms with van der Waals surface area (Å²) in [6.45, 7) is 2.17. The topological polar surface area (TPSA) is 112 Å². The average molecular weight is 442 g/mol. The number of para-hydroxylation sites is 1. The van der Waals surface area contributed by atoms with E-state index in [-0.39, 0.29) is 6.03 Å². The summed E-state index contributed by atoms with van der Waals surface area (Å²) in [6.07, 6.45) is 5.65. The van der Waals surface area contributed by atoms with Gasteiger partial charge in [0.05, 0.1) is 5.39 Å². The molecule has 0 bridgehead atoms. The van der Waals surface area contributed by atoms with Crippen LogP contribution in [0.3, 0.4) is 0 Å². The van der Waals surface area contributed by atoms with E-state index in [2.05, 4.69) is 42.6 Å². The van der Waals surface area contributed by atoms with E-state index in [9.17, 15) is 4.79 Å². The van der Waals surface area contributed by atoms with Crippen molar-refractivity contribution < 1.29 is 4.79 Å². The lowest BCUT2D eigenvalue weighted by Gasteiger charge is -2.34. The fourth-order valence-electron chi connectivity index (χ4n) is 4.50. The molecule has 4 aromatic rings. The smallest absolute Gasteiger partial charge is 0.323 e. The van der Waals surface area contributed by atoms with Gasteiger partial charge in [0.2, 0.25) is 0 Å². The predicted molar refractivity (Wildman–Crippen MR) is 131 cm³/mol. The summed E-state index contributed by atoms with van der Waals surface area (Å²) in [5.41, 5.74) is 10.4. The van der Waals surface area contributed by atoms with Gasteiger partial charge in [0.15, 0.2) is 0 Å². The van der Waals surface area contributed by atoms with Gasteiger partial charge in [-0.1, -0.05) is 30.3 Å². The van der Waals surface area contributed by atoms with Gasteiger partial charge in [-0.2, -0.15) is 0 Å².